The van der Waals surface area contributed by atoms with Crippen LogP contribution in [-0.4, -0.2) is 71.0 Å². The predicted molar refractivity (Wildman–Crippen MR) is 113 cm³/mol. The molecule has 3 rings (SSSR count). The number of nitrogens with one attached hydrogen (secondary N) is 1. The molecule has 3 heterocycles. The first kappa shape index (κ1) is 20.5. The standard InChI is InChI=1S/C20H35N5OS/c1-15-16(2)26-18(23-15)13-24-8-6-17(7-9-24)12-22-19(21-5)25-10-11-27-20(3,4)14-25/h17H,6-14H2,1-5H3,(H,21,22). The van der Waals surface area contributed by atoms with Gasteiger partial charge in [0.05, 0.1) is 12.2 Å². The lowest BCUT2D eigenvalue weighted by Gasteiger charge is -2.39. The molecule has 0 radical (unpaired) electrons. The number of rotatable bonds is 4. The number of aliphatic imine (C=N–C) groups is 1. The predicted octanol–water partition coefficient (Wildman–Crippen LogP) is 2.91. The van der Waals surface area contributed by atoms with Crippen molar-refractivity contribution < 1.29 is 4.42 Å². The van der Waals surface area contributed by atoms with Gasteiger partial charge in [0.15, 0.2) is 5.96 Å². The quantitative estimate of drug-likeness (QED) is 0.627. The zero-order chi connectivity index (χ0) is 19.4. The van der Waals surface area contributed by atoms with Gasteiger partial charge in [-0.2, -0.15) is 11.8 Å². The Bertz CT molecular complexity index is 629. The van der Waals surface area contributed by atoms with E-state index in [1.807, 2.05) is 20.9 Å². The maximum absolute atomic E-state index is 5.73. The van der Waals surface area contributed by atoms with Gasteiger partial charge in [-0.15, -0.1) is 0 Å². The molecule has 1 aromatic rings. The molecule has 0 saturated carbocycles. The van der Waals surface area contributed by atoms with Gasteiger partial charge in [-0.3, -0.25) is 9.89 Å². The van der Waals surface area contributed by atoms with E-state index in [0.717, 1.165) is 62.6 Å². The van der Waals surface area contributed by atoms with E-state index in [4.69, 9.17) is 4.42 Å². The molecule has 0 aliphatic carbocycles. The summed E-state index contributed by atoms with van der Waals surface area (Å²) < 4.78 is 6.04. The molecule has 1 N–H and O–H groups in total. The summed E-state index contributed by atoms with van der Waals surface area (Å²) in [4.78, 5) is 13.9. The average molecular weight is 394 g/mol. The lowest BCUT2D eigenvalue weighted by molar-refractivity contribution is 0.163. The average Bonchev–Trinajstić information content (AvgIpc) is 2.93. The van der Waals surface area contributed by atoms with E-state index in [1.54, 1.807) is 0 Å². The van der Waals surface area contributed by atoms with Crippen LogP contribution in [0.3, 0.4) is 0 Å². The number of nitrogens with zero attached hydrogens (tertiary/aromatic N) is 4. The van der Waals surface area contributed by atoms with E-state index in [0.29, 0.717) is 10.7 Å². The van der Waals surface area contributed by atoms with Crippen molar-refractivity contribution in [2.45, 2.75) is 51.8 Å². The molecule has 2 aliphatic heterocycles. The van der Waals surface area contributed by atoms with E-state index >= 15 is 0 Å². The van der Waals surface area contributed by atoms with Crippen molar-refractivity contribution >= 4 is 17.7 Å². The Hall–Kier alpha value is -1.21. The van der Waals surface area contributed by atoms with Gasteiger partial charge in [-0.05, 0) is 59.5 Å². The van der Waals surface area contributed by atoms with Gasteiger partial charge in [0.25, 0.3) is 0 Å². The normalized spacial score (nSPS) is 22.3. The monoisotopic (exact) mass is 393 g/mol. The summed E-state index contributed by atoms with van der Waals surface area (Å²) in [5.74, 6) is 4.74. The molecule has 2 saturated heterocycles. The molecule has 27 heavy (non-hydrogen) atoms. The second kappa shape index (κ2) is 8.86. The molecular weight excluding hydrogens is 358 g/mol. The Labute approximate surface area is 168 Å². The third-order valence-electron chi connectivity index (χ3n) is 5.62. The van der Waals surface area contributed by atoms with Crippen LogP contribution in [0.5, 0.6) is 0 Å². The van der Waals surface area contributed by atoms with Crippen molar-refractivity contribution in [2.24, 2.45) is 10.9 Å². The SMILES string of the molecule is CN=C(NCC1CCN(Cc2nc(C)c(C)o2)CC1)N1CCSC(C)(C)C1. The Kier molecular flexibility index (Phi) is 6.74. The molecule has 0 bridgehead atoms. The third kappa shape index (κ3) is 5.64. The van der Waals surface area contributed by atoms with Crippen molar-refractivity contribution in [2.75, 3.05) is 45.5 Å². The molecule has 2 fully saturated rings. The highest BCUT2D eigenvalue weighted by molar-refractivity contribution is 8.00. The summed E-state index contributed by atoms with van der Waals surface area (Å²) in [7, 11) is 1.90. The lowest BCUT2D eigenvalue weighted by Crippen LogP contribution is -2.52. The van der Waals surface area contributed by atoms with Gasteiger partial charge < -0.3 is 14.6 Å². The zero-order valence-corrected chi connectivity index (χ0v) is 18.4. The topological polar surface area (TPSA) is 56.9 Å². The summed E-state index contributed by atoms with van der Waals surface area (Å²) in [6, 6.07) is 0. The van der Waals surface area contributed by atoms with Crippen LogP contribution in [0.25, 0.3) is 0 Å². The number of piperidine rings is 1. The second-order valence-corrected chi connectivity index (χ2v) is 10.2. The Balaban J connectivity index is 1.42. The molecule has 0 atom stereocenters. The van der Waals surface area contributed by atoms with Crippen molar-refractivity contribution in [1.82, 2.24) is 20.1 Å². The van der Waals surface area contributed by atoms with Crippen molar-refractivity contribution in [3.8, 4) is 0 Å². The van der Waals surface area contributed by atoms with E-state index in [1.165, 1.54) is 18.6 Å². The molecule has 0 unspecified atom stereocenters. The second-order valence-electron chi connectivity index (χ2n) is 8.43. The maximum Gasteiger partial charge on any atom is 0.208 e. The van der Waals surface area contributed by atoms with Gasteiger partial charge in [0.2, 0.25) is 5.89 Å². The van der Waals surface area contributed by atoms with Crippen molar-refractivity contribution in [1.29, 1.82) is 0 Å². The number of aryl methyl sites for hydroxylation is 2. The van der Waals surface area contributed by atoms with Crippen LogP contribution in [0.15, 0.2) is 9.41 Å². The summed E-state index contributed by atoms with van der Waals surface area (Å²) >= 11 is 2.06. The number of hydrogen-bond donors (Lipinski definition) is 1. The minimum Gasteiger partial charge on any atom is -0.444 e. The van der Waals surface area contributed by atoms with E-state index in [2.05, 4.69) is 50.7 Å². The van der Waals surface area contributed by atoms with E-state index in [9.17, 15) is 0 Å². The van der Waals surface area contributed by atoms with Crippen LogP contribution in [0.1, 0.15) is 44.0 Å². The third-order valence-corrected chi connectivity index (χ3v) is 6.92. The van der Waals surface area contributed by atoms with Crippen molar-refractivity contribution in [3.63, 3.8) is 0 Å². The first-order valence-corrected chi connectivity index (χ1v) is 11.1. The fraction of sp³-hybridized carbons (Fsp3) is 0.800. The summed E-state index contributed by atoms with van der Waals surface area (Å²) in [6.45, 7) is 14.9. The fourth-order valence-electron chi connectivity index (χ4n) is 3.91. The Morgan fingerprint density at radius 3 is 2.63 bits per heavy atom. The minimum atomic E-state index is 0.303. The number of likely N-dealkylation sites (tertiary alicyclic amines) is 1. The highest BCUT2D eigenvalue weighted by Gasteiger charge is 2.29. The first-order valence-electron chi connectivity index (χ1n) is 10.1. The molecule has 1 aromatic heterocycles. The van der Waals surface area contributed by atoms with E-state index < -0.39 is 0 Å². The number of guanidine groups is 1. The highest BCUT2D eigenvalue weighted by atomic mass is 32.2. The summed E-state index contributed by atoms with van der Waals surface area (Å²) in [5, 5.41) is 3.64. The Morgan fingerprint density at radius 2 is 2.04 bits per heavy atom. The number of aromatic nitrogens is 1. The van der Waals surface area contributed by atoms with Gasteiger partial charge in [-0.25, -0.2) is 4.98 Å². The minimum absolute atomic E-state index is 0.303. The van der Waals surface area contributed by atoms with Gasteiger partial charge in [0.1, 0.15) is 5.76 Å². The number of hydrogen-bond acceptors (Lipinski definition) is 5. The van der Waals surface area contributed by atoms with E-state index in [-0.39, 0.29) is 0 Å². The largest absolute Gasteiger partial charge is 0.444 e. The number of thioether (sulfide) groups is 1. The smallest absolute Gasteiger partial charge is 0.208 e. The molecular formula is C20H35N5OS. The van der Waals surface area contributed by atoms with Crippen molar-refractivity contribution in [3.05, 3.63) is 17.3 Å². The van der Waals surface area contributed by atoms with Crippen LogP contribution in [-0.2, 0) is 6.54 Å². The molecule has 152 valence electrons. The summed E-state index contributed by atoms with van der Waals surface area (Å²) in [5.41, 5.74) is 1.01. The fourth-order valence-corrected chi connectivity index (χ4v) is 5.02. The number of oxazole rings is 1. The van der Waals surface area contributed by atoms with Crippen LogP contribution < -0.4 is 5.32 Å². The van der Waals surface area contributed by atoms with Crippen LogP contribution >= 0.6 is 11.8 Å². The maximum atomic E-state index is 5.73. The highest BCUT2D eigenvalue weighted by Crippen LogP contribution is 2.29. The van der Waals surface area contributed by atoms with Gasteiger partial charge in [0, 0.05) is 37.2 Å². The molecule has 0 spiro atoms. The van der Waals surface area contributed by atoms with Crippen LogP contribution in [0, 0.1) is 19.8 Å². The molecule has 6 nitrogen and oxygen atoms in total. The Morgan fingerprint density at radius 1 is 1.30 bits per heavy atom. The molecule has 2 aliphatic rings. The molecule has 7 heteroatoms. The van der Waals surface area contributed by atoms with Crippen LogP contribution in [0.4, 0.5) is 0 Å². The molecule has 0 aromatic carbocycles. The summed E-state index contributed by atoms with van der Waals surface area (Å²) in [6.07, 6.45) is 2.42. The van der Waals surface area contributed by atoms with Gasteiger partial charge >= 0.3 is 0 Å². The first-order chi connectivity index (χ1) is 12.9. The zero-order valence-electron chi connectivity index (χ0n) is 17.5. The lowest BCUT2D eigenvalue weighted by atomic mass is 9.97. The van der Waals surface area contributed by atoms with Crippen LogP contribution in [0.2, 0.25) is 0 Å². The molecule has 0 amide bonds. The van der Waals surface area contributed by atoms with Gasteiger partial charge in [-0.1, -0.05) is 0 Å².